The Bertz CT molecular complexity index is 1640. The molecule has 0 bridgehead atoms. The number of esters is 2. The summed E-state index contributed by atoms with van der Waals surface area (Å²) in [7, 11) is 0. The predicted molar refractivity (Wildman–Crippen MR) is 130 cm³/mol. The summed E-state index contributed by atoms with van der Waals surface area (Å²) in [5.41, 5.74) is 1.02. The molecule has 0 aliphatic carbocycles. The van der Waals surface area contributed by atoms with Crippen LogP contribution in [0.3, 0.4) is 0 Å². The Balaban J connectivity index is 1.29. The molecule has 0 spiro atoms. The van der Waals surface area contributed by atoms with Crippen LogP contribution in [0.1, 0.15) is 33.4 Å². The van der Waals surface area contributed by atoms with E-state index in [1.165, 1.54) is 16.9 Å². The Kier molecular flexibility index (Phi) is 5.73. The number of hydrogen-bond donors (Lipinski definition) is 1. The number of nitrogens with one attached hydrogen (secondary N) is 1. The Morgan fingerprint density at radius 2 is 1.70 bits per heavy atom. The zero-order valence-electron chi connectivity index (χ0n) is 19.4. The van der Waals surface area contributed by atoms with Crippen molar-refractivity contribution in [2.24, 2.45) is 0 Å². The van der Waals surface area contributed by atoms with E-state index in [-0.39, 0.29) is 24.1 Å². The highest BCUT2D eigenvalue weighted by atomic mass is 16.6. The smallest absolute Gasteiger partial charge is 0.338 e. The van der Waals surface area contributed by atoms with Crippen molar-refractivity contribution in [1.82, 2.24) is 23.9 Å². The summed E-state index contributed by atoms with van der Waals surface area (Å²) in [6, 6.07) is 17.2. The van der Waals surface area contributed by atoms with Crippen molar-refractivity contribution in [3.63, 3.8) is 0 Å². The molecule has 1 saturated heterocycles. The molecule has 0 amide bonds. The molecule has 1 aliphatic heterocycles. The van der Waals surface area contributed by atoms with Crippen LogP contribution in [0.4, 0.5) is 0 Å². The molecule has 2 aromatic carbocycles. The van der Waals surface area contributed by atoms with Gasteiger partial charge in [0.25, 0.3) is 5.56 Å². The van der Waals surface area contributed by atoms with E-state index in [1.54, 1.807) is 65.4 Å². The van der Waals surface area contributed by atoms with Gasteiger partial charge >= 0.3 is 11.9 Å². The summed E-state index contributed by atoms with van der Waals surface area (Å²) in [4.78, 5) is 49.7. The number of carbonyl (C=O) groups is 2. The number of aromatic nitrogens is 5. The first-order chi connectivity index (χ1) is 18.1. The zero-order valence-corrected chi connectivity index (χ0v) is 19.4. The summed E-state index contributed by atoms with van der Waals surface area (Å²) < 4.78 is 20.5. The summed E-state index contributed by atoms with van der Waals surface area (Å²) in [6.45, 7) is -0.0444. The van der Waals surface area contributed by atoms with Crippen molar-refractivity contribution in [3.05, 3.63) is 101 Å². The molecule has 5 aromatic rings. The number of aromatic amines is 1. The van der Waals surface area contributed by atoms with Gasteiger partial charge in [0.1, 0.15) is 18.4 Å². The third-order valence-electron chi connectivity index (χ3n) is 6.18. The lowest BCUT2D eigenvalue weighted by molar-refractivity contribution is -0.0594. The molecule has 1 N–H and O–H groups in total. The van der Waals surface area contributed by atoms with Gasteiger partial charge in [-0.25, -0.2) is 24.0 Å². The van der Waals surface area contributed by atoms with Crippen molar-refractivity contribution in [2.45, 2.75) is 24.9 Å². The first-order valence-electron chi connectivity index (χ1n) is 11.6. The largest absolute Gasteiger partial charge is 0.459 e. The highest BCUT2D eigenvalue weighted by Gasteiger charge is 2.41. The lowest BCUT2D eigenvalue weighted by atomic mass is 10.2. The van der Waals surface area contributed by atoms with Crippen molar-refractivity contribution in [2.75, 3.05) is 6.61 Å². The summed E-state index contributed by atoms with van der Waals surface area (Å²) in [5, 5.41) is 0. The van der Waals surface area contributed by atoms with Crippen molar-refractivity contribution >= 4 is 28.9 Å². The van der Waals surface area contributed by atoms with Crippen molar-refractivity contribution in [1.29, 1.82) is 0 Å². The first-order valence-corrected chi connectivity index (χ1v) is 11.6. The Morgan fingerprint density at radius 3 is 2.43 bits per heavy atom. The van der Waals surface area contributed by atoms with E-state index in [0.29, 0.717) is 22.6 Å². The number of hydrogen-bond acceptors (Lipinski definition) is 8. The normalized spacial score (nSPS) is 19.3. The highest BCUT2D eigenvalue weighted by molar-refractivity contribution is 5.90. The molecule has 11 heteroatoms. The number of rotatable bonds is 6. The van der Waals surface area contributed by atoms with E-state index in [1.807, 2.05) is 6.07 Å². The van der Waals surface area contributed by atoms with Gasteiger partial charge in [-0.05, 0) is 24.3 Å². The van der Waals surface area contributed by atoms with E-state index in [2.05, 4.69) is 15.0 Å². The second-order valence-electron chi connectivity index (χ2n) is 8.56. The van der Waals surface area contributed by atoms with Crippen LogP contribution in [-0.4, -0.2) is 54.7 Å². The molecule has 3 aromatic heterocycles. The van der Waals surface area contributed by atoms with Crippen LogP contribution >= 0.6 is 0 Å². The third kappa shape index (κ3) is 4.25. The highest BCUT2D eigenvalue weighted by Crippen LogP contribution is 2.34. The van der Waals surface area contributed by atoms with Gasteiger partial charge in [0.2, 0.25) is 5.78 Å². The van der Waals surface area contributed by atoms with Gasteiger partial charge in [-0.3, -0.25) is 9.36 Å². The fraction of sp³-hybridized carbons (Fsp3) is 0.192. The van der Waals surface area contributed by atoms with E-state index >= 15 is 0 Å². The average molecular weight is 499 g/mol. The number of carbonyl (C=O) groups excluding carboxylic acids is 2. The van der Waals surface area contributed by atoms with Gasteiger partial charge in [-0.1, -0.05) is 36.4 Å². The average Bonchev–Trinajstić information content (AvgIpc) is 3.67. The monoisotopic (exact) mass is 499 g/mol. The van der Waals surface area contributed by atoms with Gasteiger partial charge in [-0.2, -0.15) is 0 Å². The molecule has 0 saturated carbocycles. The maximum Gasteiger partial charge on any atom is 0.338 e. The summed E-state index contributed by atoms with van der Waals surface area (Å²) in [5.74, 6) is -0.664. The van der Waals surface area contributed by atoms with Crippen LogP contribution in [0.25, 0.3) is 16.9 Å². The Labute approximate surface area is 209 Å². The number of fused-ring (bicyclic) bond motifs is 2. The molecular weight excluding hydrogens is 478 g/mol. The molecule has 4 heterocycles. The molecule has 0 radical (unpaired) electrons. The fourth-order valence-corrected chi connectivity index (χ4v) is 4.39. The minimum atomic E-state index is -0.828. The van der Waals surface area contributed by atoms with Gasteiger partial charge in [0.15, 0.2) is 11.7 Å². The van der Waals surface area contributed by atoms with Gasteiger partial charge in [0, 0.05) is 18.8 Å². The molecule has 6 rings (SSSR count). The number of imidazole rings is 2. The van der Waals surface area contributed by atoms with Crippen molar-refractivity contribution < 1.29 is 23.8 Å². The zero-order chi connectivity index (χ0) is 25.4. The summed E-state index contributed by atoms with van der Waals surface area (Å²) in [6.07, 6.45) is 2.63. The molecule has 0 unspecified atom stereocenters. The maximum absolute atomic E-state index is 12.9. The second kappa shape index (κ2) is 9.36. The molecule has 186 valence electrons. The van der Waals surface area contributed by atoms with E-state index in [9.17, 15) is 14.4 Å². The number of ether oxygens (including phenoxy) is 3. The standard InChI is InChI=1S/C26H21N5O6/c32-22-20-21(29-26-27-11-12-30(22)26)31(15-28-20)23-19(37-25(34)17-9-5-2-6-10-17)13-18(36-23)14-35-24(33)16-7-3-1-4-8-16/h1-12,15,18-19,23H,13-14H2,(H,27,29)/t18-,19+,23+/m0/s1. The van der Waals surface area contributed by atoms with Crippen LogP contribution in [0.5, 0.6) is 0 Å². The van der Waals surface area contributed by atoms with E-state index in [4.69, 9.17) is 14.2 Å². The molecule has 11 nitrogen and oxygen atoms in total. The Morgan fingerprint density at radius 1 is 1.00 bits per heavy atom. The number of benzene rings is 2. The lowest BCUT2D eigenvalue weighted by Gasteiger charge is -2.20. The molecule has 3 atom stereocenters. The summed E-state index contributed by atoms with van der Waals surface area (Å²) >= 11 is 0. The molecular formula is C26H21N5O6. The molecule has 37 heavy (non-hydrogen) atoms. The first kappa shape index (κ1) is 22.7. The minimum absolute atomic E-state index is 0.0444. The van der Waals surface area contributed by atoms with Crippen molar-refractivity contribution in [3.8, 4) is 0 Å². The van der Waals surface area contributed by atoms with Crippen LogP contribution in [0.2, 0.25) is 0 Å². The second-order valence-corrected chi connectivity index (χ2v) is 8.56. The fourth-order valence-electron chi connectivity index (χ4n) is 4.39. The van der Waals surface area contributed by atoms with Gasteiger partial charge in [0.05, 0.1) is 23.6 Å². The van der Waals surface area contributed by atoms with E-state index in [0.717, 1.165) is 0 Å². The maximum atomic E-state index is 12.9. The predicted octanol–water partition coefficient (Wildman–Crippen LogP) is 2.74. The topological polar surface area (TPSA) is 130 Å². The number of H-pyrrole nitrogens is 1. The van der Waals surface area contributed by atoms with Crippen LogP contribution < -0.4 is 5.56 Å². The molecule has 1 aliphatic rings. The Hall–Kier alpha value is -4.77. The quantitative estimate of drug-likeness (QED) is 0.353. The minimum Gasteiger partial charge on any atom is -0.459 e. The van der Waals surface area contributed by atoms with Gasteiger partial charge in [-0.15, -0.1) is 0 Å². The molecule has 1 fully saturated rings. The van der Waals surface area contributed by atoms with Gasteiger partial charge < -0.3 is 19.2 Å². The number of nitrogens with zero attached hydrogens (tertiary/aromatic N) is 4. The van der Waals surface area contributed by atoms with Crippen LogP contribution in [0.15, 0.2) is 84.2 Å². The van der Waals surface area contributed by atoms with Crippen LogP contribution in [0, 0.1) is 0 Å². The van der Waals surface area contributed by atoms with Crippen LogP contribution in [-0.2, 0) is 14.2 Å². The third-order valence-corrected chi connectivity index (χ3v) is 6.18. The van der Waals surface area contributed by atoms with E-state index < -0.39 is 30.4 Å². The lowest BCUT2D eigenvalue weighted by Crippen LogP contribution is -2.26. The SMILES string of the molecule is O=C(OC[C@@H]1C[C@@H](OC(=O)c2ccccc2)[C@H](n2cnc3c(=O)n4ccnc4[nH]c32)O1)c1ccccc1.